The molecule has 1 aliphatic carbocycles. The summed E-state index contributed by atoms with van der Waals surface area (Å²) in [4.78, 5) is 14.6. The number of fused-ring (bicyclic) bond motifs is 1. The normalized spacial score (nSPS) is 16.4. The van der Waals surface area contributed by atoms with E-state index in [9.17, 15) is 4.79 Å². The maximum atomic E-state index is 11.1. The summed E-state index contributed by atoms with van der Waals surface area (Å²) < 4.78 is 0. The molecule has 21 heavy (non-hydrogen) atoms. The first-order chi connectivity index (χ1) is 10.2. The molecule has 1 aliphatic rings. The Bertz CT molecular complexity index is 629. The van der Waals surface area contributed by atoms with E-state index in [1.165, 1.54) is 32.1 Å². The van der Waals surface area contributed by atoms with Gasteiger partial charge in [0.2, 0.25) is 0 Å². The van der Waals surface area contributed by atoms with Crippen LogP contribution in [0.2, 0.25) is 0 Å². The molecule has 0 amide bonds. The van der Waals surface area contributed by atoms with Gasteiger partial charge >= 0.3 is 5.97 Å². The Morgan fingerprint density at radius 3 is 2.76 bits per heavy atom. The lowest BCUT2D eigenvalue weighted by atomic mass is 10.0. The number of hydrogen-bond acceptors (Lipinski definition) is 2. The van der Waals surface area contributed by atoms with Gasteiger partial charge in [-0.3, -0.25) is 4.79 Å². The van der Waals surface area contributed by atoms with E-state index in [0.717, 1.165) is 33.2 Å². The molecule has 0 spiro atoms. The molecule has 0 bridgehead atoms. The Kier molecular flexibility index (Phi) is 4.54. The van der Waals surface area contributed by atoms with Gasteiger partial charge in [0.25, 0.3) is 0 Å². The van der Waals surface area contributed by atoms with Crippen molar-refractivity contribution in [3.63, 3.8) is 0 Å². The quantitative estimate of drug-likeness (QED) is 0.863. The van der Waals surface area contributed by atoms with Gasteiger partial charge < -0.3 is 10.1 Å². The molecule has 1 fully saturated rings. The summed E-state index contributed by atoms with van der Waals surface area (Å²) in [6.45, 7) is 0. The van der Waals surface area contributed by atoms with Crippen LogP contribution in [0.1, 0.15) is 43.4 Å². The zero-order valence-electron chi connectivity index (χ0n) is 12.1. The van der Waals surface area contributed by atoms with Crippen molar-refractivity contribution in [2.45, 2.75) is 49.5 Å². The molecule has 1 aromatic heterocycles. The van der Waals surface area contributed by atoms with Gasteiger partial charge in [-0.05, 0) is 24.5 Å². The largest absolute Gasteiger partial charge is 0.481 e. The molecule has 1 aromatic carbocycles. The van der Waals surface area contributed by atoms with Crippen LogP contribution in [0.4, 0.5) is 0 Å². The minimum atomic E-state index is -0.760. The van der Waals surface area contributed by atoms with Gasteiger partial charge in [-0.1, -0.05) is 37.5 Å². The third kappa shape index (κ3) is 3.43. The summed E-state index contributed by atoms with van der Waals surface area (Å²) in [5.41, 5.74) is 3.10. The van der Waals surface area contributed by atoms with E-state index in [1.54, 1.807) is 0 Å². The van der Waals surface area contributed by atoms with Gasteiger partial charge in [-0.15, -0.1) is 0 Å². The molecule has 1 heterocycles. The number of nitrogens with one attached hydrogen (secondary N) is 1. The number of carbonyl (C=O) groups is 1. The highest BCUT2D eigenvalue weighted by Gasteiger charge is 2.18. The summed E-state index contributed by atoms with van der Waals surface area (Å²) in [5, 5.41) is 11.0. The first-order valence-electron chi connectivity index (χ1n) is 7.66. The number of aromatic nitrogens is 1. The number of H-pyrrole nitrogens is 1. The van der Waals surface area contributed by atoms with Crippen molar-refractivity contribution in [2.75, 3.05) is 0 Å². The van der Waals surface area contributed by atoms with E-state index in [4.69, 9.17) is 5.11 Å². The fourth-order valence-corrected chi connectivity index (χ4v) is 4.48. The highest BCUT2D eigenvalue weighted by molar-refractivity contribution is 7.99. The SMILES string of the molecule is O=C(O)Cc1c(CSC2CCCCC2)[nH]c2ccccc12. The van der Waals surface area contributed by atoms with Gasteiger partial charge in [0.1, 0.15) is 0 Å². The molecule has 2 N–H and O–H groups in total. The Balaban J connectivity index is 1.80. The van der Waals surface area contributed by atoms with Gasteiger partial charge in [-0.2, -0.15) is 11.8 Å². The third-order valence-electron chi connectivity index (χ3n) is 4.25. The first-order valence-corrected chi connectivity index (χ1v) is 8.71. The average molecular weight is 303 g/mol. The fraction of sp³-hybridized carbons (Fsp3) is 0.471. The number of benzene rings is 1. The van der Waals surface area contributed by atoms with Crippen LogP contribution in [-0.4, -0.2) is 21.3 Å². The number of rotatable bonds is 5. The topological polar surface area (TPSA) is 53.1 Å². The summed E-state index contributed by atoms with van der Waals surface area (Å²) in [6.07, 6.45) is 6.76. The zero-order valence-corrected chi connectivity index (χ0v) is 12.9. The lowest BCUT2D eigenvalue weighted by Crippen LogP contribution is -2.09. The standard InChI is InChI=1S/C17H21NO2S/c19-17(20)10-14-13-8-4-5-9-15(13)18-16(14)11-21-12-6-2-1-3-7-12/h4-5,8-9,12,18H,1-3,6-7,10-11H2,(H,19,20). The van der Waals surface area contributed by atoms with Crippen molar-refractivity contribution < 1.29 is 9.90 Å². The van der Waals surface area contributed by atoms with Crippen LogP contribution >= 0.6 is 11.8 Å². The zero-order chi connectivity index (χ0) is 14.7. The Labute approximate surface area is 129 Å². The van der Waals surface area contributed by atoms with E-state index in [1.807, 2.05) is 36.0 Å². The maximum Gasteiger partial charge on any atom is 0.307 e. The molecule has 0 unspecified atom stereocenters. The highest BCUT2D eigenvalue weighted by atomic mass is 32.2. The van der Waals surface area contributed by atoms with E-state index >= 15 is 0 Å². The molecule has 0 aliphatic heterocycles. The Morgan fingerprint density at radius 2 is 2.00 bits per heavy atom. The van der Waals surface area contributed by atoms with Crippen LogP contribution < -0.4 is 0 Å². The van der Waals surface area contributed by atoms with Crippen molar-refractivity contribution in [3.8, 4) is 0 Å². The number of thioether (sulfide) groups is 1. The molecule has 3 nitrogen and oxygen atoms in total. The van der Waals surface area contributed by atoms with Gasteiger partial charge in [-0.25, -0.2) is 0 Å². The number of aromatic amines is 1. The number of carboxylic acid groups (broad SMARTS) is 1. The number of para-hydroxylation sites is 1. The van der Waals surface area contributed by atoms with Gasteiger partial charge in [0, 0.05) is 27.6 Å². The highest BCUT2D eigenvalue weighted by Crippen LogP contribution is 2.32. The summed E-state index contributed by atoms with van der Waals surface area (Å²) in [7, 11) is 0. The molecular formula is C17H21NO2S. The monoisotopic (exact) mass is 303 g/mol. The van der Waals surface area contributed by atoms with Crippen LogP contribution in [0, 0.1) is 0 Å². The second-order valence-corrected chi connectivity index (χ2v) is 7.06. The Hall–Kier alpha value is -1.42. The van der Waals surface area contributed by atoms with Crippen LogP contribution in [-0.2, 0) is 17.0 Å². The molecule has 112 valence electrons. The summed E-state index contributed by atoms with van der Waals surface area (Å²) in [6, 6.07) is 8.00. The number of hydrogen-bond donors (Lipinski definition) is 2. The van der Waals surface area contributed by atoms with Gasteiger partial charge in [0.15, 0.2) is 0 Å². The van der Waals surface area contributed by atoms with Crippen LogP contribution in [0.15, 0.2) is 24.3 Å². The molecule has 1 saturated carbocycles. The van der Waals surface area contributed by atoms with Crippen molar-refractivity contribution in [2.24, 2.45) is 0 Å². The lowest BCUT2D eigenvalue weighted by Gasteiger charge is -2.20. The number of aliphatic carboxylic acids is 1. The molecule has 0 radical (unpaired) electrons. The molecule has 0 saturated heterocycles. The first kappa shape index (κ1) is 14.5. The maximum absolute atomic E-state index is 11.1. The van der Waals surface area contributed by atoms with E-state index in [-0.39, 0.29) is 6.42 Å². The van der Waals surface area contributed by atoms with Crippen molar-refractivity contribution in [3.05, 3.63) is 35.5 Å². The molecule has 4 heteroatoms. The van der Waals surface area contributed by atoms with Crippen LogP contribution in [0.5, 0.6) is 0 Å². The smallest absolute Gasteiger partial charge is 0.307 e. The molecule has 3 rings (SSSR count). The summed E-state index contributed by atoms with van der Waals surface area (Å²) in [5.74, 6) is 0.130. The minimum Gasteiger partial charge on any atom is -0.481 e. The van der Waals surface area contributed by atoms with Crippen molar-refractivity contribution in [1.82, 2.24) is 4.98 Å². The molecule has 2 aromatic rings. The number of carboxylic acids is 1. The molecular weight excluding hydrogens is 282 g/mol. The fourth-order valence-electron chi connectivity index (χ4n) is 3.17. The summed E-state index contributed by atoms with van der Waals surface area (Å²) >= 11 is 1.98. The van der Waals surface area contributed by atoms with E-state index < -0.39 is 5.97 Å². The molecule has 0 atom stereocenters. The van der Waals surface area contributed by atoms with Crippen LogP contribution in [0.25, 0.3) is 10.9 Å². The van der Waals surface area contributed by atoms with Gasteiger partial charge in [0.05, 0.1) is 6.42 Å². The van der Waals surface area contributed by atoms with Crippen molar-refractivity contribution >= 4 is 28.6 Å². The predicted octanol–water partition coefficient (Wildman–Crippen LogP) is 4.36. The van der Waals surface area contributed by atoms with Crippen LogP contribution in [0.3, 0.4) is 0 Å². The average Bonchev–Trinajstić information content (AvgIpc) is 2.84. The predicted molar refractivity (Wildman–Crippen MR) is 87.8 cm³/mol. The van der Waals surface area contributed by atoms with E-state index in [2.05, 4.69) is 4.98 Å². The second kappa shape index (κ2) is 6.56. The second-order valence-electron chi connectivity index (χ2n) is 5.77. The van der Waals surface area contributed by atoms with Crippen molar-refractivity contribution in [1.29, 1.82) is 0 Å². The van der Waals surface area contributed by atoms with E-state index in [0.29, 0.717) is 0 Å². The Morgan fingerprint density at radius 1 is 1.24 bits per heavy atom. The minimum absolute atomic E-state index is 0.102. The third-order valence-corrected chi connectivity index (χ3v) is 5.64. The lowest BCUT2D eigenvalue weighted by molar-refractivity contribution is -0.136.